The molecule has 12 rings (SSSR count). The fourth-order valence-electron chi connectivity index (χ4n) is 13.8. The van der Waals surface area contributed by atoms with Crippen molar-refractivity contribution in [1.29, 1.82) is 5.26 Å². The molecule has 0 aliphatic rings. The zero-order valence-corrected chi connectivity index (χ0v) is 46.8. The molecule has 0 aliphatic heterocycles. The van der Waals surface area contributed by atoms with E-state index in [9.17, 15) is 11.8 Å². The van der Waals surface area contributed by atoms with E-state index in [1.54, 1.807) is 0 Å². The maximum atomic E-state index is 10.4. The Balaban J connectivity index is 1.26. The molecule has 4 heteroatoms. The van der Waals surface area contributed by atoms with Crippen LogP contribution in [0.2, 0.25) is 0 Å². The van der Waals surface area contributed by atoms with Gasteiger partial charge >= 0.3 is 0 Å². The number of hydrogen-bond acceptors (Lipinski definition) is 1. The van der Waals surface area contributed by atoms with Gasteiger partial charge in [0.15, 0.2) is 0 Å². The highest BCUT2D eigenvalue weighted by Crippen LogP contribution is 2.49. The molecule has 0 N–H and O–H groups in total. The molecule has 0 saturated carbocycles. The molecule has 2 aromatic heterocycles. The molecule has 0 unspecified atom stereocenters. The van der Waals surface area contributed by atoms with E-state index in [-0.39, 0.29) is 0 Å². The van der Waals surface area contributed by atoms with Crippen molar-refractivity contribution in [2.75, 3.05) is 0 Å². The summed E-state index contributed by atoms with van der Waals surface area (Å²) < 4.78 is 4.74. The maximum absolute atomic E-state index is 10.4. The fourth-order valence-corrected chi connectivity index (χ4v) is 13.8. The highest BCUT2D eigenvalue weighted by Gasteiger charge is 2.27. The molecule has 4 nitrogen and oxygen atoms in total. The molecule has 0 saturated heterocycles. The third-order valence-corrected chi connectivity index (χ3v) is 16.4. The van der Waals surface area contributed by atoms with E-state index in [4.69, 9.17) is 4.85 Å². The molecule has 0 spiro atoms. The number of aryl methyl sites for hydroxylation is 12. The third kappa shape index (κ3) is 8.02. The average molecular weight is 1010 g/mol. The Bertz CT molecular complexity index is 4330. The van der Waals surface area contributed by atoms with Gasteiger partial charge in [0, 0.05) is 21.5 Å². The van der Waals surface area contributed by atoms with E-state index in [0.29, 0.717) is 11.3 Å². The highest BCUT2D eigenvalue weighted by molar-refractivity contribution is 6.15. The van der Waals surface area contributed by atoms with Gasteiger partial charge in [0.25, 0.3) is 0 Å². The fraction of sp³-hybridized carbons (Fsp3) is 0.162. The maximum Gasteiger partial charge on any atom is 0.234 e. The number of nitriles is 1. The van der Waals surface area contributed by atoms with Crippen molar-refractivity contribution in [3.63, 3.8) is 0 Å². The summed E-state index contributed by atoms with van der Waals surface area (Å²) in [5, 5.41) is 14.8. The Morgan fingerprint density at radius 1 is 0.359 bits per heavy atom. The Labute approximate surface area is 459 Å². The molecule has 0 amide bonds. The molecule has 0 radical (unpaired) electrons. The number of nitrogens with zero attached hydrogens (tertiary/aromatic N) is 4. The molecular weight excluding hydrogens is 945 g/mol. The van der Waals surface area contributed by atoms with Crippen molar-refractivity contribution in [3.05, 3.63) is 241 Å². The van der Waals surface area contributed by atoms with Crippen LogP contribution in [-0.4, -0.2) is 9.13 Å². The lowest BCUT2D eigenvalue weighted by Crippen LogP contribution is -2.03. The number of rotatable bonds is 7. The van der Waals surface area contributed by atoms with E-state index >= 15 is 0 Å². The molecule has 12 aromatic rings. The lowest BCUT2D eigenvalue weighted by molar-refractivity contribution is 1.14. The van der Waals surface area contributed by atoms with Gasteiger partial charge in [-0.05, 0) is 226 Å². The number of fused-ring (bicyclic) bond motifs is 6. The first-order valence-corrected chi connectivity index (χ1v) is 27.1. The standard InChI is InChI=1S/C74H62N4/c1-41-27-45(5)69(46(6)28-41)55-17-21-60-61-22-18-56(70-47(7)29-42(2)30-48(70)8)37-66(61)77(65(60)36-55)64-26-25-59(54-16-14-15-53(35-54)40-75)74(73(64)76-13)78-67-38-57(71-49(9)31-43(3)32-50(71)10)19-23-62(67)63-24-20-58(39-68(63)78)72-51(11)33-44(4)34-52(72)12/h14-39H,1-12H3. The van der Waals surface area contributed by atoms with Crippen molar-refractivity contribution in [2.24, 2.45) is 0 Å². The molecule has 10 aromatic carbocycles. The summed E-state index contributed by atoms with van der Waals surface area (Å²) in [6.07, 6.45) is 0. The van der Waals surface area contributed by atoms with Crippen LogP contribution in [0.5, 0.6) is 0 Å². The zero-order valence-electron chi connectivity index (χ0n) is 46.8. The van der Waals surface area contributed by atoms with Crippen molar-refractivity contribution >= 4 is 49.3 Å². The smallest absolute Gasteiger partial charge is 0.234 e. The highest BCUT2D eigenvalue weighted by atomic mass is 15.1. The van der Waals surface area contributed by atoms with Gasteiger partial charge in [0.2, 0.25) is 5.69 Å². The largest absolute Gasteiger partial charge is 0.319 e. The number of benzene rings is 10. The minimum Gasteiger partial charge on any atom is -0.319 e. The number of hydrogen-bond donors (Lipinski definition) is 0. The SMILES string of the molecule is [C-]#[N+]c1c(-n2c3cc(-c4c(C)cc(C)cc4C)ccc3c3ccc(-c4c(C)cc(C)cc4C)cc32)ccc(-c2cccc(C#N)c2)c1-n1c2cc(-c3c(C)cc(C)cc3C)ccc2c2ccc(-c3c(C)cc(C)cc3C)cc21. The average Bonchev–Trinajstić information content (AvgIpc) is 3.97. The first-order valence-electron chi connectivity index (χ1n) is 27.1. The summed E-state index contributed by atoms with van der Waals surface area (Å²) in [4.78, 5) is 4.76. The summed E-state index contributed by atoms with van der Waals surface area (Å²) in [6, 6.07) is 60.4. The molecule has 0 fully saturated rings. The minimum absolute atomic E-state index is 0.509. The van der Waals surface area contributed by atoms with Crippen molar-refractivity contribution in [2.45, 2.75) is 83.1 Å². The van der Waals surface area contributed by atoms with Crippen molar-refractivity contribution in [1.82, 2.24) is 9.13 Å². The van der Waals surface area contributed by atoms with Gasteiger partial charge in [-0.1, -0.05) is 138 Å². The summed E-state index contributed by atoms with van der Waals surface area (Å²) in [5.74, 6) is 0. The molecule has 2 heterocycles. The second kappa shape index (κ2) is 18.8. The molecule has 0 aliphatic carbocycles. The van der Waals surface area contributed by atoms with Crippen LogP contribution in [0.4, 0.5) is 5.69 Å². The van der Waals surface area contributed by atoms with Crippen LogP contribution in [0.1, 0.15) is 72.3 Å². The van der Waals surface area contributed by atoms with E-state index in [1.165, 1.54) is 89.0 Å². The molecule has 0 atom stereocenters. The van der Waals surface area contributed by atoms with E-state index in [1.807, 2.05) is 18.2 Å². The lowest BCUT2D eigenvalue weighted by Gasteiger charge is -2.21. The van der Waals surface area contributed by atoms with Gasteiger partial charge in [-0.25, -0.2) is 4.85 Å². The van der Waals surface area contributed by atoms with Gasteiger partial charge < -0.3 is 9.13 Å². The van der Waals surface area contributed by atoms with Crippen molar-refractivity contribution in [3.8, 4) is 73.1 Å². The zero-order chi connectivity index (χ0) is 54.6. The van der Waals surface area contributed by atoms with Crippen LogP contribution in [-0.2, 0) is 0 Å². The van der Waals surface area contributed by atoms with Crippen LogP contribution in [0.3, 0.4) is 0 Å². The van der Waals surface area contributed by atoms with Crippen LogP contribution >= 0.6 is 0 Å². The van der Waals surface area contributed by atoms with Gasteiger partial charge in [-0.15, -0.1) is 0 Å². The normalized spacial score (nSPS) is 11.6. The summed E-state index contributed by atoms with van der Waals surface area (Å²) in [5.41, 5.74) is 32.5. The Morgan fingerprint density at radius 2 is 0.692 bits per heavy atom. The summed E-state index contributed by atoms with van der Waals surface area (Å²) in [6.45, 7) is 36.0. The Kier molecular flexibility index (Phi) is 12.0. The molecule has 378 valence electrons. The second-order valence-corrected chi connectivity index (χ2v) is 22.3. The van der Waals surface area contributed by atoms with Crippen molar-refractivity contribution < 1.29 is 0 Å². The Morgan fingerprint density at radius 3 is 1.01 bits per heavy atom. The quantitative estimate of drug-likeness (QED) is 0.147. The van der Waals surface area contributed by atoms with Gasteiger partial charge in [0.1, 0.15) is 0 Å². The van der Waals surface area contributed by atoms with Crippen LogP contribution in [0, 0.1) is 101 Å². The molecule has 78 heavy (non-hydrogen) atoms. The van der Waals surface area contributed by atoms with E-state index in [2.05, 4.69) is 238 Å². The van der Waals surface area contributed by atoms with Crippen LogP contribution in [0.25, 0.3) is 115 Å². The summed E-state index contributed by atoms with van der Waals surface area (Å²) in [7, 11) is 0. The van der Waals surface area contributed by atoms with E-state index < -0.39 is 0 Å². The molecular formula is C74H62N4. The molecule has 0 bridgehead atoms. The van der Waals surface area contributed by atoms with Gasteiger partial charge in [-0.3, -0.25) is 0 Å². The van der Waals surface area contributed by atoms with Crippen LogP contribution < -0.4 is 0 Å². The minimum atomic E-state index is 0.509. The Hall–Kier alpha value is -9.22. The monoisotopic (exact) mass is 1010 g/mol. The van der Waals surface area contributed by atoms with Gasteiger partial charge in [-0.2, -0.15) is 5.26 Å². The first-order chi connectivity index (χ1) is 37.5. The van der Waals surface area contributed by atoms with Crippen LogP contribution in [0.15, 0.2) is 158 Å². The third-order valence-electron chi connectivity index (χ3n) is 16.4. The first kappa shape index (κ1) is 49.6. The predicted octanol–water partition coefficient (Wildman–Crippen LogP) is 20.3. The summed E-state index contributed by atoms with van der Waals surface area (Å²) >= 11 is 0. The topological polar surface area (TPSA) is 38.0 Å². The second-order valence-electron chi connectivity index (χ2n) is 22.3. The van der Waals surface area contributed by atoms with E-state index in [0.717, 1.165) is 88.4 Å². The van der Waals surface area contributed by atoms with Gasteiger partial charge in [0.05, 0.1) is 51.6 Å². The lowest BCUT2D eigenvalue weighted by atomic mass is 9.92. The predicted molar refractivity (Wildman–Crippen MR) is 330 cm³/mol. The number of aromatic nitrogens is 2.